The normalized spacial score (nSPS) is 14.9. The van der Waals surface area contributed by atoms with Gasteiger partial charge in [-0.15, -0.1) is 11.3 Å². The maximum atomic E-state index is 12.5. The maximum absolute atomic E-state index is 12.5. The van der Waals surface area contributed by atoms with E-state index in [9.17, 15) is 14.4 Å². The summed E-state index contributed by atoms with van der Waals surface area (Å²) in [5.41, 5.74) is 1.67. The lowest BCUT2D eigenvalue weighted by Gasteiger charge is -2.30. The van der Waals surface area contributed by atoms with Gasteiger partial charge in [0.1, 0.15) is 12.3 Å². The molecule has 0 radical (unpaired) electrons. The van der Waals surface area contributed by atoms with E-state index in [4.69, 9.17) is 4.74 Å². The lowest BCUT2D eigenvalue weighted by Crippen LogP contribution is -2.40. The summed E-state index contributed by atoms with van der Waals surface area (Å²) in [7, 11) is 0. The van der Waals surface area contributed by atoms with Crippen molar-refractivity contribution in [3.05, 3.63) is 68.4 Å². The number of pyridine rings is 1. The lowest BCUT2D eigenvalue weighted by atomic mass is 9.97. The number of likely N-dealkylation sites (tertiary alicyclic amines) is 1. The van der Waals surface area contributed by atoms with E-state index in [-0.39, 0.29) is 30.0 Å². The molecular formula is C21H21N3O4S. The molecule has 4 rings (SSSR count). The summed E-state index contributed by atoms with van der Waals surface area (Å²) in [6, 6.07) is 8.73. The molecular weight excluding hydrogens is 390 g/mol. The van der Waals surface area contributed by atoms with Crippen molar-refractivity contribution in [3.8, 4) is 0 Å². The molecule has 0 saturated carbocycles. The van der Waals surface area contributed by atoms with Crippen LogP contribution in [0.3, 0.4) is 0 Å². The molecule has 1 aliphatic heterocycles. The highest BCUT2D eigenvalue weighted by molar-refractivity contribution is 7.12. The first-order valence-electron chi connectivity index (χ1n) is 9.50. The Labute approximate surface area is 171 Å². The molecule has 1 aliphatic rings. The average Bonchev–Trinajstić information content (AvgIpc) is 3.27. The van der Waals surface area contributed by atoms with Crippen LogP contribution in [-0.4, -0.2) is 39.3 Å². The van der Waals surface area contributed by atoms with Gasteiger partial charge in [0.15, 0.2) is 0 Å². The van der Waals surface area contributed by atoms with Crippen molar-refractivity contribution >= 4 is 28.9 Å². The Balaban J connectivity index is 1.35. The SMILES string of the molecule is Cc1cccn2c(=O)cc(COC(=O)C3CCN(C(=O)c4cccs4)CC3)nc12. The number of ether oxygens (including phenoxy) is 1. The molecule has 1 amide bonds. The molecule has 0 aliphatic carbocycles. The van der Waals surface area contributed by atoms with Crippen LogP contribution in [0.15, 0.2) is 46.7 Å². The molecule has 0 spiro atoms. The fourth-order valence-corrected chi connectivity index (χ4v) is 4.21. The van der Waals surface area contributed by atoms with Gasteiger partial charge < -0.3 is 9.64 Å². The fourth-order valence-electron chi connectivity index (χ4n) is 3.52. The number of piperidine rings is 1. The Morgan fingerprint density at radius 2 is 2.03 bits per heavy atom. The van der Waals surface area contributed by atoms with Gasteiger partial charge in [-0.05, 0) is 42.8 Å². The first kappa shape index (κ1) is 19.3. The Kier molecular flexibility index (Phi) is 5.44. The standard InChI is InChI=1S/C21H21N3O4S/c1-14-4-2-8-24-18(25)12-16(22-19(14)24)13-28-21(27)15-6-9-23(10-7-15)20(26)17-5-3-11-29-17/h2-5,8,11-12,15H,6-7,9-10,13H2,1H3. The largest absolute Gasteiger partial charge is 0.459 e. The van der Waals surface area contributed by atoms with Gasteiger partial charge in [0.2, 0.25) is 0 Å². The monoisotopic (exact) mass is 411 g/mol. The van der Waals surface area contributed by atoms with E-state index in [1.165, 1.54) is 21.8 Å². The molecule has 0 atom stereocenters. The van der Waals surface area contributed by atoms with E-state index < -0.39 is 0 Å². The second kappa shape index (κ2) is 8.16. The van der Waals surface area contributed by atoms with Crippen molar-refractivity contribution in [3.63, 3.8) is 0 Å². The zero-order chi connectivity index (χ0) is 20.4. The fraction of sp³-hybridized carbons (Fsp3) is 0.333. The van der Waals surface area contributed by atoms with E-state index in [0.29, 0.717) is 37.3 Å². The van der Waals surface area contributed by atoms with Gasteiger partial charge in [-0.3, -0.25) is 18.8 Å². The number of amides is 1. The molecule has 3 aromatic rings. The summed E-state index contributed by atoms with van der Waals surface area (Å²) < 4.78 is 6.90. The first-order chi connectivity index (χ1) is 14.0. The van der Waals surface area contributed by atoms with Crippen molar-refractivity contribution in [2.75, 3.05) is 13.1 Å². The van der Waals surface area contributed by atoms with Crippen LogP contribution in [0.25, 0.3) is 5.65 Å². The van der Waals surface area contributed by atoms with Gasteiger partial charge in [0, 0.05) is 25.4 Å². The summed E-state index contributed by atoms with van der Waals surface area (Å²) in [4.78, 5) is 44.0. The number of nitrogens with zero attached hydrogens (tertiary/aromatic N) is 3. The van der Waals surface area contributed by atoms with Gasteiger partial charge in [0.05, 0.1) is 16.5 Å². The third-order valence-corrected chi connectivity index (χ3v) is 6.01. The highest BCUT2D eigenvalue weighted by atomic mass is 32.1. The number of aryl methyl sites for hydroxylation is 1. The average molecular weight is 411 g/mol. The molecule has 0 bridgehead atoms. The molecule has 3 aromatic heterocycles. The van der Waals surface area contributed by atoms with Crippen LogP contribution in [0.2, 0.25) is 0 Å². The zero-order valence-electron chi connectivity index (χ0n) is 16.0. The molecule has 8 heteroatoms. The number of esters is 1. The van der Waals surface area contributed by atoms with E-state index in [1.54, 1.807) is 17.2 Å². The lowest BCUT2D eigenvalue weighted by molar-refractivity contribution is -0.151. The third kappa shape index (κ3) is 4.07. The van der Waals surface area contributed by atoms with Crippen LogP contribution < -0.4 is 5.56 Å². The van der Waals surface area contributed by atoms with Gasteiger partial charge in [-0.2, -0.15) is 0 Å². The number of aromatic nitrogens is 2. The van der Waals surface area contributed by atoms with E-state index in [0.717, 1.165) is 10.4 Å². The molecule has 0 N–H and O–H groups in total. The second-order valence-corrected chi connectivity index (χ2v) is 8.07. The smallest absolute Gasteiger partial charge is 0.309 e. The van der Waals surface area contributed by atoms with Gasteiger partial charge in [-0.25, -0.2) is 4.98 Å². The second-order valence-electron chi connectivity index (χ2n) is 7.12. The summed E-state index contributed by atoms with van der Waals surface area (Å²) in [6.07, 6.45) is 2.81. The zero-order valence-corrected chi connectivity index (χ0v) is 16.9. The van der Waals surface area contributed by atoms with Crippen molar-refractivity contribution < 1.29 is 14.3 Å². The number of hydrogen-bond donors (Lipinski definition) is 0. The number of thiophene rings is 1. The van der Waals surface area contributed by atoms with Gasteiger partial charge >= 0.3 is 5.97 Å². The Morgan fingerprint density at radius 1 is 1.24 bits per heavy atom. The highest BCUT2D eigenvalue weighted by Crippen LogP contribution is 2.22. The Bertz CT molecular complexity index is 1100. The molecule has 7 nitrogen and oxygen atoms in total. The van der Waals surface area contributed by atoms with E-state index >= 15 is 0 Å². The van der Waals surface area contributed by atoms with Crippen molar-refractivity contribution in [2.45, 2.75) is 26.4 Å². The van der Waals surface area contributed by atoms with Crippen LogP contribution >= 0.6 is 11.3 Å². The highest BCUT2D eigenvalue weighted by Gasteiger charge is 2.29. The molecule has 0 aromatic carbocycles. The number of hydrogen-bond acceptors (Lipinski definition) is 6. The van der Waals surface area contributed by atoms with Crippen LogP contribution in [-0.2, 0) is 16.1 Å². The maximum Gasteiger partial charge on any atom is 0.309 e. The van der Waals surface area contributed by atoms with Crippen molar-refractivity contribution in [2.24, 2.45) is 5.92 Å². The molecule has 29 heavy (non-hydrogen) atoms. The Morgan fingerprint density at radius 3 is 2.76 bits per heavy atom. The van der Waals surface area contributed by atoms with Crippen molar-refractivity contribution in [1.82, 2.24) is 14.3 Å². The van der Waals surface area contributed by atoms with Crippen molar-refractivity contribution in [1.29, 1.82) is 0 Å². The van der Waals surface area contributed by atoms with E-state index in [2.05, 4.69) is 4.98 Å². The summed E-state index contributed by atoms with van der Waals surface area (Å²) in [5.74, 6) is -0.534. The molecule has 4 heterocycles. The minimum absolute atomic E-state index is 0.0167. The number of rotatable bonds is 4. The molecule has 150 valence electrons. The predicted octanol–water partition coefficient (Wildman–Crippen LogP) is 2.66. The molecule has 1 saturated heterocycles. The van der Waals surface area contributed by atoms with Crippen LogP contribution in [0.5, 0.6) is 0 Å². The number of fused-ring (bicyclic) bond motifs is 1. The predicted molar refractivity (Wildman–Crippen MR) is 109 cm³/mol. The minimum Gasteiger partial charge on any atom is -0.459 e. The Hall–Kier alpha value is -3.00. The first-order valence-corrected chi connectivity index (χ1v) is 10.4. The van der Waals surface area contributed by atoms with Gasteiger partial charge in [0.25, 0.3) is 11.5 Å². The van der Waals surface area contributed by atoms with Crippen LogP contribution in [0, 0.1) is 12.8 Å². The third-order valence-electron chi connectivity index (χ3n) is 5.15. The topological polar surface area (TPSA) is 81.0 Å². The summed E-state index contributed by atoms with van der Waals surface area (Å²) >= 11 is 1.42. The van der Waals surface area contributed by atoms with Crippen LogP contribution in [0.4, 0.5) is 0 Å². The summed E-state index contributed by atoms with van der Waals surface area (Å²) in [5, 5.41) is 1.88. The number of carbonyl (C=O) groups excluding carboxylic acids is 2. The molecule has 1 fully saturated rings. The van der Waals surface area contributed by atoms with Gasteiger partial charge in [-0.1, -0.05) is 12.1 Å². The van der Waals surface area contributed by atoms with Crippen LogP contribution in [0.1, 0.15) is 33.8 Å². The summed E-state index contributed by atoms with van der Waals surface area (Å²) in [6.45, 7) is 2.91. The number of carbonyl (C=O) groups is 2. The minimum atomic E-state index is -0.306. The quantitative estimate of drug-likeness (QED) is 0.617. The molecule has 0 unspecified atom stereocenters. The van der Waals surface area contributed by atoms with E-state index in [1.807, 2.05) is 30.5 Å².